The molecule has 1 heterocycles. The Morgan fingerprint density at radius 2 is 2.10 bits per heavy atom. The molecule has 0 atom stereocenters. The topological polar surface area (TPSA) is 113 Å². The van der Waals surface area contributed by atoms with Gasteiger partial charge in [-0.15, -0.1) is 0 Å². The molecule has 0 spiro atoms. The molecular weight excluding hydrogens is 270 g/mol. The van der Waals surface area contributed by atoms with Crippen molar-refractivity contribution in [1.29, 1.82) is 5.41 Å². The van der Waals surface area contributed by atoms with Gasteiger partial charge in [-0.3, -0.25) is 5.41 Å². The monoisotopic (exact) mass is 282 g/mol. The van der Waals surface area contributed by atoms with Gasteiger partial charge >= 0.3 is 0 Å². The maximum absolute atomic E-state index is 13.1. The normalized spacial score (nSPS) is 10.3. The lowest BCUT2D eigenvalue weighted by Crippen LogP contribution is -2.18. The second-order valence-corrected chi connectivity index (χ2v) is 3.81. The average molecular weight is 282 g/mol. The highest BCUT2D eigenvalue weighted by Gasteiger charge is 2.15. The van der Waals surface area contributed by atoms with Crippen LogP contribution in [0.4, 0.5) is 20.3 Å². The van der Waals surface area contributed by atoms with Gasteiger partial charge in [0.2, 0.25) is 5.82 Å². The number of nitrogens with one attached hydrogen (secondary N) is 3. The van der Waals surface area contributed by atoms with Gasteiger partial charge in [0.05, 0.1) is 0 Å². The lowest BCUT2D eigenvalue weighted by Gasteiger charge is -2.07. The summed E-state index contributed by atoms with van der Waals surface area (Å²) < 4.78 is 30.4. The first-order valence-corrected chi connectivity index (χ1v) is 5.69. The van der Waals surface area contributed by atoms with Crippen LogP contribution in [0.1, 0.15) is 5.69 Å². The second kappa shape index (κ2) is 6.06. The van der Waals surface area contributed by atoms with E-state index in [1.165, 1.54) is 6.07 Å². The number of amidine groups is 1. The van der Waals surface area contributed by atoms with Crippen LogP contribution in [-0.2, 0) is 0 Å². The van der Waals surface area contributed by atoms with Crippen LogP contribution < -0.4 is 16.4 Å². The van der Waals surface area contributed by atoms with E-state index < -0.39 is 11.6 Å². The van der Waals surface area contributed by atoms with E-state index in [-0.39, 0.29) is 23.0 Å². The van der Waals surface area contributed by atoms with Crippen LogP contribution in [-0.4, -0.2) is 29.2 Å². The maximum Gasteiger partial charge on any atom is 0.202 e. The van der Waals surface area contributed by atoms with Gasteiger partial charge in [0.1, 0.15) is 0 Å². The molecule has 2 rings (SSSR count). The Balaban J connectivity index is 2.11. The number of benzene rings is 1. The molecule has 0 amide bonds. The third kappa shape index (κ3) is 3.06. The van der Waals surface area contributed by atoms with Crippen LogP contribution in [0, 0.1) is 17.0 Å². The molecule has 0 radical (unpaired) electrons. The summed E-state index contributed by atoms with van der Waals surface area (Å²) in [6.07, 6.45) is 0. The molecule has 1 aromatic carbocycles. The maximum atomic E-state index is 13.1. The van der Waals surface area contributed by atoms with Gasteiger partial charge in [-0.05, 0) is 22.4 Å². The van der Waals surface area contributed by atoms with E-state index in [0.29, 0.717) is 13.1 Å². The van der Waals surface area contributed by atoms with Crippen molar-refractivity contribution in [2.24, 2.45) is 5.73 Å². The van der Waals surface area contributed by atoms with Crippen LogP contribution in [0.3, 0.4) is 0 Å². The molecule has 0 unspecified atom stereocenters. The first-order chi connectivity index (χ1) is 9.61. The molecule has 0 saturated heterocycles. The van der Waals surface area contributed by atoms with Crippen LogP contribution >= 0.6 is 0 Å². The summed E-state index contributed by atoms with van der Waals surface area (Å²) in [5.74, 6) is -1.90. The fourth-order valence-electron chi connectivity index (χ4n) is 1.44. The summed E-state index contributed by atoms with van der Waals surface area (Å²) in [6, 6.07) is 3.19. The van der Waals surface area contributed by atoms with Crippen LogP contribution in [0.15, 0.2) is 22.8 Å². The van der Waals surface area contributed by atoms with Crippen molar-refractivity contribution >= 4 is 17.3 Å². The smallest absolute Gasteiger partial charge is 0.202 e. The number of hydrogen-bond donors (Lipinski definition) is 4. The number of anilines is 2. The highest BCUT2D eigenvalue weighted by molar-refractivity contribution is 6.07. The molecular formula is C11H12F2N6O. The van der Waals surface area contributed by atoms with Crippen molar-refractivity contribution in [3.63, 3.8) is 0 Å². The molecule has 0 fully saturated rings. The minimum absolute atomic E-state index is 0.114. The van der Waals surface area contributed by atoms with Gasteiger partial charge in [-0.25, -0.2) is 13.4 Å². The number of nitrogens with two attached hydrogens (primary N) is 1. The first-order valence-electron chi connectivity index (χ1n) is 5.69. The summed E-state index contributed by atoms with van der Waals surface area (Å²) in [7, 11) is 0. The van der Waals surface area contributed by atoms with Crippen molar-refractivity contribution in [2.45, 2.75) is 0 Å². The fraction of sp³-hybridized carbons (Fsp3) is 0.182. The standard InChI is InChI=1S/C11H12F2N6O/c12-7-2-1-6(5-8(7)13)17-10(15)9-11(16-4-3-14)19-20-18-9/h1-2,5H,3-4,14H2,(H2,15,17)(H,16,19). The van der Waals surface area contributed by atoms with E-state index >= 15 is 0 Å². The Bertz CT molecular complexity index is 615. The van der Waals surface area contributed by atoms with Crippen LogP contribution in [0.5, 0.6) is 0 Å². The van der Waals surface area contributed by atoms with Gasteiger partial charge in [0.25, 0.3) is 0 Å². The molecule has 7 nitrogen and oxygen atoms in total. The van der Waals surface area contributed by atoms with Crippen molar-refractivity contribution in [3.05, 3.63) is 35.5 Å². The highest BCUT2D eigenvalue weighted by Crippen LogP contribution is 2.16. The molecule has 20 heavy (non-hydrogen) atoms. The zero-order chi connectivity index (χ0) is 14.5. The van der Waals surface area contributed by atoms with Crippen molar-refractivity contribution < 1.29 is 13.4 Å². The second-order valence-electron chi connectivity index (χ2n) is 3.81. The highest BCUT2D eigenvalue weighted by atomic mass is 19.2. The minimum atomic E-state index is -1.01. The lowest BCUT2D eigenvalue weighted by molar-refractivity contribution is 0.308. The largest absolute Gasteiger partial charge is 0.364 e. The van der Waals surface area contributed by atoms with Crippen LogP contribution in [0.2, 0.25) is 0 Å². The van der Waals surface area contributed by atoms with Crippen molar-refractivity contribution in [3.8, 4) is 0 Å². The number of nitrogens with zero attached hydrogens (tertiary/aromatic N) is 2. The molecule has 0 saturated carbocycles. The Labute approximate surface area is 112 Å². The predicted molar refractivity (Wildman–Crippen MR) is 68.7 cm³/mol. The first kappa shape index (κ1) is 13.9. The van der Waals surface area contributed by atoms with Gasteiger partial charge in [0.15, 0.2) is 23.2 Å². The molecule has 106 valence electrons. The molecule has 0 aliphatic carbocycles. The quantitative estimate of drug-likeness (QED) is 0.483. The van der Waals surface area contributed by atoms with Gasteiger partial charge in [-0.1, -0.05) is 0 Å². The van der Waals surface area contributed by atoms with Gasteiger partial charge in [0, 0.05) is 24.8 Å². The Kier molecular flexibility index (Phi) is 4.20. The van der Waals surface area contributed by atoms with E-state index in [9.17, 15) is 8.78 Å². The third-order valence-corrected chi connectivity index (χ3v) is 2.35. The van der Waals surface area contributed by atoms with Gasteiger partial charge < -0.3 is 16.4 Å². The van der Waals surface area contributed by atoms with E-state index in [0.717, 1.165) is 12.1 Å². The van der Waals surface area contributed by atoms with Crippen molar-refractivity contribution in [1.82, 2.24) is 10.3 Å². The summed E-state index contributed by atoms with van der Waals surface area (Å²) in [6.45, 7) is 0.801. The molecule has 0 aliphatic heterocycles. The molecule has 1 aromatic heterocycles. The Hall–Kier alpha value is -2.55. The SMILES string of the molecule is N=C(Nc1ccc(F)c(F)c1)c1nonc1NCCN. The van der Waals surface area contributed by atoms with E-state index in [4.69, 9.17) is 11.1 Å². The number of halogens is 2. The molecule has 0 bridgehead atoms. The van der Waals surface area contributed by atoms with E-state index in [2.05, 4.69) is 25.6 Å². The lowest BCUT2D eigenvalue weighted by atomic mass is 10.3. The molecule has 0 aliphatic rings. The van der Waals surface area contributed by atoms with Crippen molar-refractivity contribution in [2.75, 3.05) is 23.7 Å². The zero-order valence-corrected chi connectivity index (χ0v) is 10.3. The number of aromatic nitrogens is 2. The van der Waals surface area contributed by atoms with Gasteiger partial charge in [-0.2, -0.15) is 0 Å². The Morgan fingerprint density at radius 1 is 1.30 bits per heavy atom. The molecule has 5 N–H and O–H groups in total. The zero-order valence-electron chi connectivity index (χ0n) is 10.3. The van der Waals surface area contributed by atoms with Crippen LogP contribution in [0.25, 0.3) is 0 Å². The summed E-state index contributed by atoms with van der Waals surface area (Å²) in [5.41, 5.74) is 5.66. The number of hydrogen-bond acceptors (Lipinski definition) is 6. The molecule has 2 aromatic rings. The fourth-order valence-corrected chi connectivity index (χ4v) is 1.44. The summed E-state index contributed by atoms with van der Waals surface area (Å²) >= 11 is 0. The average Bonchev–Trinajstić information content (AvgIpc) is 2.89. The minimum Gasteiger partial charge on any atom is -0.364 e. The third-order valence-electron chi connectivity index (χ3n) is 2.35. The van der Waals surface area contributed by atoms with E-state index in [1.807, 2.05) is 0 Å². The summed E-state index contributed by atoms with van der Waals surface area (Å²) in [5, 5.41) is 20.4. The summed E-state index contributed by atoms with van der Waals surface area (Å²) in [4.78, 5) is 0. The molecule has 9 heteroatoms. The van der Waals surface area contributed by atoms with E-state index in [1.54, 1.807) is 0 Å². The predicted octanol–water partition coefficient (Wildman–Crippen LogP) is 1.16. The Morgan fingerprint density at radius 3 is 2.80 bits per heavy atom. The number of rotatable bonds is 5.